The molecule has 1 fully saturated rings. The van der Waals surface area contributed by atoms with Gasteiger partial charge < -0.3 is 13.7 Å². The highest BCUT2D eigenvalue weighted by Gasteiger charge is 2.28. The van der Waals surface area contributed by atoms with Gasteiger partial charge in [-0.15, -0.1) is 0 Å². The maximum atomic E-state index is 6.02. The van der Waals surface area contributed by atoms with E-state index in [1.165, 1.54) is 0 Å². The Morgan fingerprint density at radius 1 is 1.04 bits per heavy atom. The SMILES string of the molecule is c1cncc(-c2nc(-c3ccc(OC4CN(Cc5ccco5)C4)cc3)no2)c1. The van der Waals surface area contributed by atoms with E-state index in [2.05, 4.69) is 20.0 Å². The normalized spacial score (nSPS) is 14.7. The molecular formula is C21H18N4O3. The fourth-order valence-corrected chi connectivity index (χ4v) is 3.17. The standard InChI is InChI=1S/C21H18N4O3/c1-3-16(11-22-9-1)21-23-20(24-28-21)15-5-7-17(8-6-15)27-19-13-25(14-19)12-18-4-2-10-26-18/h1-11,19H,12-14H2. The molecule has 4 aromatic rings. The van der Waals surface area contributed by atoms with Crippen LogP contribution < -0.4 is 4.74 Å². The van der Waals surface area contributed by atoms with Crippen LogP contribution in [0.25, 0.3) is 22.8 Å². The third-order valence-corrected chi connectivity index (χ3v) is 4.63. The van der Waals surface area contributed by atoms with Crippen LogP contribution in [-0.2, 0) is 6.54 Å². The van der Waals surface area contributed by atoms with E-state index < -0.39 is 0 Å². The molecule has 7 nitrogen and oxygen atoms in total. The number of ether oxygens (including phenoxy) is 1. The molecule has 0 N–H and O–H groups in total. The molecule has 0 amide bonds. The second kappa shape index (κ2) is 7.28. The third kappa shape index (κ3) is 3.52. The second-order valence-corrected chi connectivity index (χ2v) is 6.70. The molecule has 1 saturated heterocycles. The number of furan rings is 1. The van der Waals surface area contributed by atoms with Gasteiger partial charge in [0, 0.05) is 31.0 Å². The first-order valence-corrected chi connectivity index (χ1v) is 9.09. The maximum absolute atomic E-state index is 6.02. The minimum atomic E-state index is 0.197. The van der Waals surface area contributed by atoms with Gasteiger partial charge in [0.2, 0.25) is 5.82 Å². The van der Waals surface area contributed by atoms with Crippen LogP contribution in [0.4, 0.5) is 0 Å². The molecule has 0 atom stereocenters. The van der Waals surface area contributed by atoms with Gasteiger partial charge >= 0.3 is 0 Å². The summed E-state index contributed by atoms with van der Waals surface area (Å²) in [5.74, 6) is 2.81. The van der Waals surface area contributed by atoms with Crippen LogP contribution in [0, 0.1) is 0 Å². The summed E-state index contributed by atoms with van der Waals surface area (Å²) in [5.41, 5.74) is 1.67. The first-order chi connectivity index (χ1) is 13.8. The lowest BCUT2D eigenvalue weighted by Crippen LogP contribution is -2.52. The Kier molecular flexibility index (Phi) is 4.34. The largest absolute Gasteiger partial charge is 0.488 e. The first kappa shape index (κ1) is 16.7. The molecule has 0 spiro atoms. The number of pyridine rings is 1. The molecule has 0 radical (unpaired) electrons. The second-order valence-electron chi connectivity index (χ2n) is 6.70. The lowest BCUT2D eigenvalue weighted by Gasteiger charge is -2.38. The number of aromatic nitrogens is 3. The number of rotatable bonds is 6. The average molecular weight is 374 g/mol. The van der Waals surface area contributed by atoms with Gasteiger partial charge in [-0.05, 0) is 48.5 Å². The highest BCUT2D eigenvalue weighted by Crippen LogP contribution is 2.25. The van der Waals surface area contributed by atoms with Crippen molar-refractivity contribution in [2.45, 2.75) is 12.6 Å². The van der Waals surface area contributed by atoms with Gasteiger partial charge in [0.1, 0.15) is 17.6 Å². The van der Waals surface area contributed by atoms with Crippen molar-refractivity contribution < 1.29 is 13.7 Å². The van der Waals surface area contributed by atoms with E-state index in [1.54, 1.807) is 18.7 Å². The van der Waals surface area contributed by atoms with E-state index >= 15 is 0 Å². The predicted molar refractivity (Wildman–Crippen MR) is 101 cm³/mol. The Morgan fingerprint density at radius 2 is 1.93 bits per heavy atom. The van der Waals surface area contributed by atoms with E-state index in [1.807, 2.05) is 48.5 Å². The first-order valence-electron chi connectivity index (χ1n) is 9.09. The molecule has 1 aliphatic heterocycles. The van der Waals surface area contributed by atoms with E-state index in [-0.39, 0.29) is 6.10 Å². The van der Waals surface area contributed by atoms with Gasteiger partial charge in [0.05, 0.1) is 18.4 Å². The van der Waals surface area contributed by atoms with Gasteiger partial charge in [-0.3, -0.25) is 9.88 Å². The summed E-state index contributed by atoms with van der Waals surface area (Å²) < 4.78 is 16.7. The molecule has 7 heteroatoms. The molecule has 5 rings (SSSR count). The monoisotopic (exact) mass is 374 g/mol. The van der Waals surface area contributed by atoms with Crippen molar-refractivity contribution in [1.82, 2.24) is 20.0 Å². The molecule has 0 unspecified atom stereocenters. The molecule has 0 saturated carbocycles. The number of benzene rings is 1. The van der Waals surface area contributed by atoms with Crippen LogP contribution in [0.1, 0.15) is 5.76 Å². The fraction of sp³-hybridized carbons (Fsp3) is 0.190. The van der Waals surface area contributed by atoms with Gasteiger partial charge in [-0.25, -0.2) is 0 Å². The Balaban J connectivity index is 1.18. The van der Waals surface area contributed by atoms with E-state index in [0.717, 1.165) is 42.3 Å². The zero-order chi connectivity index (χ0) is 18.8. The smallest absolute Gasteiger partial charge is 0.259 e. The highest BCUT2D eigenvalue weighted by molar-refractivity contribution is 5.59. The van der Waals surface area contributed by atoms with Crippen LogP contribution in [0.2, 0.25) is 0 Å². The van der Waals surface area contributed by atoms with Crippen LogP contribution in [0.3, 0.4) is 0 Å². The van der Waals surface area contributed by atoms with Gasteiger partial charge in [0.15, 0.2) is 0 Å². The molecule has 1 aromatic carbocycles. The number of likely N-dealkylation sites (tertiary alicyclic amines) is 1. The Labute approximate surface area is 161 Å². The van der Waals surface area contributed by atoms with E-state index in [0.29, 0.717) is 11.7 Å². The minimum absolute atomic E-state index is 0.197. The molecular weight excluding hydrogens is 356 g/mol. The van der Waals surface area contributed by atoms with Crippen LogP contribution in [0.15, 0.2) is 76.1 Å². The molecule has 0 aliphatic carbocycles. The topological polar surface area (TPSA) is 77.4 Å². The highest BCUT2D eigenvalue weighted by atomic mass is 16.5. The van der Waals surface area contributed by atoms with Gasteiger partial charge in [-0.1, -0.05) is 5.16 Å². The Morgan fingerprint density at radius 3 is 2.68 bits per heavy atom. The lowest BCUT2D eigenvalue weighted by atomic mass is 10.1. The Bertz CT molecular complexity index is 1020. The van der Waals surface area contributed by atoms with Crippen LogP contribution in [0.5, 0.6) is 5.75 Å². The maximum Gasteiger partial charge on any atom is 0.259 e. The fourth-order valence-electron chi connectivity index (χ4n) is 3.17. The van der Waals surface area contributed by atoms with Crippen molar-refractivity contribution in [3.05, 3.63) is 72.9 Å². The van der Waals surface area contributed by atoms with Crippen LogP contribution in [-0.4, -0.2) is 39.2 Å². The Hall–Kier alpha value is -3.45. The van der Waals surface area contributed by atoms with Crippen LogP contribution >= 0.6 is 0 Å². The molecule has 4 heterocycles. The average Bonchev–Trinajstić information content (AvgIpc) is 3.40. The van der Waals surface area contributed by atoms with Gasteiger partial charge in [-0.2, -0.15) is 4.98 Å². The summed E-state index contributed by atoms with van der Waals surface area (Å²) in [7, 11) is 0. The quantitative estimate of drug-likeness (QED) is 0.510. The van der Waals surface area contributed by atoms with E-state index in [4.69, 9.17) is 13.7 Å². The zero-order valence-corrected chi connectivity index (χ0v) is 15.1. The summed E-state index contributed by atoms with van der Waals surface area (Å²) >= 11 is 0. The predicted octanol–water partition coefficient (Wildman–Crippen LogP) is 3.65. The molecule has 1 aliphatic rings. The lowest BCUT2D eigenvalue weighted by molar-refractivity contribution is 0.0107. The molecule has 3 aromatic heterocycles. The van der Waals surface area contributed by atoms with Crippen molar-refractivity contribution in [3.63, 3.8) is 0 Å². The molecule has 0 bridgehead atoms. The van der Waals surface area contributed by atoms with Crippen molar-refractivity contribution in [1.29, 1.82) is 0 Å². The van der Waals surface area contributed by atoms with Crippen molar-refractivity contribution >= 4 is 0 Å². The number of nitrogens with zero attached hydrogens (tertiary/aromatic N) is 4. The summed E-state index contributed by atoms with van der Waals surface area (Å²) in [5, 5.41) is 4.06. The van der Waals surface area contributed by atoms with Crippen molar-refractivity contribution in [3.8, 4) is 28.6 Å². The van der Waals surface area contributed by atoms with Gasteiger partial charge in [0.25, 0.3) is 5.89 Å². The number of hydrogen-bond acceptors (Lipinski definition) is 7. The van der Waals surface area contributed by atoms with E-state index in [9.17, 15) is 0 Å². The van der Waals surface area contributed by atoms with Crippen molar-refractivity contribution in [2.75, 3.05) is 13.1 Å². The summed E-state index contributed by atoms with van der Waals surface area (Å²) in [6.45, 7) is 2.60. The summed E-state index contributed by atoms with van der Waals surface area (Å²) in [6, 6.07) is 15.4. The molecule has 28 heavy (non-hydrogen) atoms. The summed E-state index contributed by atoms with van der Waals surface area (Å²) in [6.07, 6.45) is 5.30. The minimum Gasteiger partial charge on any atom is -0.488 e. The zero-order valence-electron chi connectivity index (χ0n) is 15.1. The van der Waals surface area contributed by atoms with Crippen molar-refractivity contribution in [2.24, 2.45) is 0 Å². The molecule has 140 valence electrons. The number of hydrogen-bond donors (Lipinski definition) is 0. The third-order valence-electron chi connectivity index (χ3n) is 4.63. The summed E-state index contributed by atoms with van der Waals surface area (Å²) in [4.78, 5) is 10.8.